The summed E-state index contributed by atoms with van der Waals surface area (Å²) in [6, 6.07) is 17.3. The van der Waals surface area contributed by atoms with E-state index >= 15 is 0 Å². The molecule has 4 aliphatic rings. The van der Waals surface area contributed by atoms with E-state index in [4.69, 9.17) is 24.0 Å². The van der Waals surface area contributed by atoms with Crippen molar-refractivity contribution in [1.82, 2.24) is 0 Å². The molecule has 2 aromatic carbocycles. The largest absolute Gasteiger partial charge is 0.454 e. The maximum Gasteiger partial charge on any atom is 0.331 e. The van der Waals surface area contributed by atoms with E-state index in [9.17, 15) is 4.79 Å². The first kappa shape index (κ1) is 33.1. The van der Waals surface area contributed by atoms with Gasteiger partial charge in [0.05, 0.1) is 13.2 Å². The third kappa shape index (κ3) is 9.41. The number of ether oxygens (including phenoxy) is 3. The molecule has 6 rings (SSSR count). The van der Waals surface area contributed by atoms with Gasteiger partial charge in [0.2, 0.25) is 0 Å². The molecule has 0 amide bonds. The zero-order valence-electron chi connectivity index (χ0n) is 27.7. The Morgan fingerprint density at radius 3 is 1.76 bits per heavy atom. The van der Waals surface area contributed by atoms with Gasteiger partial charge < -0.3 is 14.2 Å². The normalized spacial score (nSPS) is 31.4. The van der Waals surface area contributed by atoms with Crippen molar-refractivity contribution in [1.29, 1.82) is 0 Å². The molecule has 4 fully saturated rings. The maximum atomic E-state index is 12.6. The van der Waals surface area contributed by atoms with Crippen LogP contribution in [0.15, 0.2) is 60.7 Å². The van der Waals surface area contributed by atoms with Crippen molar-refractivity contribution >= 4 is 18.1 Å². The van der Waals surface area contributed by atoms with E-state index in [1.54, 1.807) is 6.08 Å². The molecule has 0 N–H and O–H groups in total. The van der Waals surface area contributed by atoms with Crippen LogP contribution in [0, 0.1) is 23.7 Å². The summed E-state index contributed by atoms with van der Waals surface area (Å²) in [5, 5.41) is 0. The van der Waals surface area contributed by atoms with Gasteiger partial charge in [-0.1, -0.05) is 100 Å². The van der Waals surface area contributed by atoms with Gasteiger partial charge in [0, 0.05) is 6.08 Å². The van der Waals surface area contributed by atoms with E-state index in [0.717, 1.165) is 41.2 Å². The Morgan fingerprint density at radius 2 is 1.20 bits per heavy atom. The number of benzene rings is 2. The highest BCUT2D eigenvalue weighted by atomic mass is 17.2. The Bertz CT molecular complexity index is 1280. The van der Waals surface area contributed by atoms with Crippen LogP contribution in [-0.4, -0.2) is 50.2 Å². The van der Waals surface area contributed by atoms with Gasteiger partial charge in [-0.05, 0) is 90.5 Å². The summed E-state index contributed by atoms with van der Waals surface area (Å²) in [6.07, 6.45) is 18.9. The SMILES string of the molecule is CC1CCC(Cc2ccc(/C=C\C(=O)O[C@@H]3CO[C@H]4[C@@H]3OC[C@@H]4OOC/C=C/c3ccc(CC4CCC(C)CC4)cc3)cc2)CC1. The van der Waals surface area contributed by atoms with E-state index < -0.39 is 12.1 Å². The number of carbonyl (C=O) groups excluding carboxylic acids is 1. The minimum Gasteiger partial charge on any atom is -0.454 e. The fourth-order valence-electron chi connectivity index (χ4n) is 7.58. The van der Waals surface area contributed by atoms with Crippen LogP contribution >= 0.6 is 0 Å². The lowest BCUT2D eigenvalue weighted by molar-refractivity contribution is -0.326. The van der Waals surface area contributed by atoms with Crippen LogP contribution in [0.3, 0.4) is 0 Å². The molecule has 2 aliphatic carbocycles. The first-order chi connectivity index (χ1) is 22.5. The van der Waals surface area contributed by atoms with Crippen molar-refractivity contribution < 1.29 is 28.8 Å². The van der Waals surface area contributed by atoms with Crippen LogP contribution in [0.2, 0.25) is 0 Å². The van der Waals surface area contributed by atoms with Gasteiger partial charge in [0.25, 0.3) is 0 Å². The van der Waals surface area contributed by atoms with Crippen LogP contribution in [0.25, 0.3) is 12.2 Å². The van der Waals surface area contributed by atoms with Gasteiger partial charge in [-0.15, -0.1) is 0 Å². The van der Waals surface area contributed by atoms with Crippen LogP contribution in [-0.2, 0) is 41.6 Å². The highest BCUT2D eigenvalue weighted by molar-refractivity contribution is 5.87. The molecule has 0 spiro atoms. The van der Waals surface area contributed by atoms with Crippen molar-refractivity contribution in [2.75, 3.05) is 19.8 Å². The third-order valence-electron chi connectivity index (χ3n) is 10.6. The van der Waals surface area contributed by atoms with E-state index in [1.807, 2.05) is 12.2 Å². The summed E-state index contributed by atoms with van der Waals surface area (Å²) >= 11 is 0. The van der Waals surface area contributed by atoms with Crippen LogP contribution in [0.1, 0.15) is 87.5 Å². The Labute approximate surface area is 275 Å². The van der Waals surface area contributed by atoms with Crippen molar-refractivity contribution in [3.63, 3.8) is 0 Å². The van der Waals surface area contributed by atoms with Gasteiger partial charge in [-0.25, -0.2) is 14.6 Å². The first-order valence-corrected chi connectivity index (χ1v) is 17.7. The standard InChI is InChI=1S/C40H52O6/c1-28-5-9-32(10-6-28)24-34-17-13-30(14-18-34)4-3-23-44-46-37-27-43-39-36(26-42-40(37)39)45-38(41)22-21-31-15-19-35(20-16-31)25-33-11-7-29(2)8-12-33/h3-4,13-22,28-29,32-33,36-37,39-40H,5-12,23-27H2,1-2H3/b4-3+,22-21-/t28?,29?,32?,33?,36-,37+,39-,40-/m1/s1. The molecule has 0 aromatic heterocycles. The lowest BCUT2D eigenvalue weighted by Gasteiger charge is -2.26. The van der Waals surface area contributed by atoms with Crippen molar-refractivity contribution in [3.05, 3.63) is 82.9 Å². The Hall–Kier alpha value is -2.77. The van der Waals surface area contributed by atoms with Gasteiger partial charge in [0.1, 0.15) is 24.9 Å². The molecule has 2 saturated carbocycles. The van der Waals surface area contributed by atoms with E-state index in [2.05, 4.69) is 62.4 Å². The summed E-state index contributed by atoms with van der Waals surface area (Å²) < 4.78 is 17.5. The van der Waals surface area contributed by atoms with Crippen LogP contribution in [0.4, 0.5) is 0 Å². The fraction of sp³-hybridized carbons (Fsp3) is 0.575. The smallest absolute Gasteiger partial charge is 0.331 e. The summed E-state index contributed by atoms with van der Waals surface area (Å²) in [4.78, 5) is 23.7. The summed E-state index contributed by atoms with van der Waals surface area (Å²) in [5.41, 5.74) is 4.92. The minimum atomic E-state index is -0.471. The van der Waals surface area contributed by atoms with E-state index in [0.29, 0.717) is 13.2 Å². The first-order valence-electron chi connectivity index (χ1n) is 17.7. The molecule has 0 bridgehead atoms. The predicted octanol–water partition coefficient (Wildman–Crippen LogP) is 8.18. The number of hydrogen-bond acceptors (Lipinski definition) is 6. The number of rotatable bonds is 12. The summed E-state index contributed by atoms with van der Waals surface area (Å²) in [7, 11) is 0. The lowest BCUT2D eigenvalue weighted by atomic mass is 9.80. The second-order valence-corrected chi connectivity index (χ2v) is 14.4. The topological polar surface area (TPSA) is 63.2 Å². The summed E-state index contributed by atoms with van der Waals surface area (Å²) in [6.45, 7) is 5.66. The molecule has 46 heavy (non-hydrogen) atoms. The minimum absolute atomic E-state index is 0.277. The van der Waals surface area contributed by atoms with Crippen LogP contribution in [0.5, 0.6) is 0 Å². The quantitative estimate of drug-likeness (QED) is 0.0777. The lowest BCUT2D eigenvalue weighted by Crippen LogP contribution is -2.34. The molecule has 2 aliphatic heterocycles. The van der Waals surface area contributed by atoms with E-state index in [1.165, 1.54) is 75.0 Å². The number of carbonyl (C=O) groups is 1. The monoisotopic (exact) mass is 628 g/mol. The Kier molecular flexibility index (Phi) is 11.8. The number of fused-ring (bicyclic) bond motifs is 1. The van der Waals surface area contributed by atoms with Gasteiger partial charge >= 0.3 is 5.97 Å². The molecule has 6 nitrogen and oxygen atoms in total. The molecule has 0 radical (unpaired) electrons. The molecule has 6 heteroatoms. The Morgan fingerprint density at radius 1 is 0.696 bits per heavy atom. The van der Waals surface area contributed by atoms with Crippen molar-refractivity contribution in [2.24, 2.45) is 23.7 Å². The van der Waals surface area contributed by atoms with Gasteiger partial charge in [-0.2, -0.15) is 0 Å². The second kappa shape index (κ2) is 16.4. The highest BCUT2D eigenvalue weighted by Crippen LogP contribution is 2.33. The van der Waals surface area contributed by atoms with E-state index in [-0.39, 0.29) is 24.9 Å². The fourth-order valence-corrected chi connectivity index (χ4v) is 7.58. The summed E-state index contributed by atoms with van der Waals surface area (Å²) in [5.74, 6) is 3.00. The molecular weight excluding hydrogens is 576 g/mol. The van der Waals surface area contributed by atoms with Crippen LogP contribution < -0.4 is 0 Å². The molecule has 2 saturated heterocycles. The Balaban J connectivity index is 0.873. The maximum absolute atomic E-state index is 12.6. The second-order valence-electron chi connectivity index (χ2n) is 14.4. The zero-order chi connectivity index (χ0) is 31.7. The third-order valence-corrected chi connectivity index (χ3v) is 10.6. The predicted molar refractivity (Wildman–Crippen MR) is 181 cm³/mol. The molecule has 2 heterocycles. The highest BCUT2D eigenvalue weighted by Gasteiger charge is 2.50. The molecular formula is C40H52O6. The molecule has 4 atom stereocenters. The zero-order valence-corrected chi connectivity index (χ0v) is 27.7. The average Bonchev–Trinajstić information content (AvgIpc) is 3.66. The number of hydrogen-bond donors (Lipinski definition) is 0. The average molecular weight is 629 g/mol. The van der Waals surface area contributed by atoms with Gasteiger partial charge in [-0.3, -0.25) is 0 Å². The molecule has 248 valence electrons. The molecule has 0 unspecified atom stereocenters. The van der Waals surface area contributed by atoms with Gasteiger partial charge in [0.15, 0.2) is 6.10 Å². The number of esters is 1. The molecule has 2 aromatic rings. The van der Waals surface area contributed by atoms with Crippen molar-refractivity contribution in [3.8, 4) is 0 Å². The van der Waals surface area contributed by atoms with Crippen molar-refractivity contribution in [2.45, 2.75) is 102 Å².